The molecule has 2 amide bonds. The Labute approximate surface area is 190 Å². The number of carbonyl (C=O) groups is 2. The summed E-state index contributed by atoms with van der Waals surface area (Å²) >= 11 is 0. The van der Waals surface area contributed by atoms with Crippen molar-refractivity contribution in [3.05, 3.63) is 29.8 Å². The Balaban J connectivity index is 1.71. The normalized spacial score (nSPS) is 24.8. The first-order valence-electron chi connectivity index (χ1n) is 10.6. The second-order valence-electron chi connectivity index (χ2n) is 9.71. The molecule has 1 aliphatic carbocycles. The van der Waals surface area contributed by atoms with Gasteiger partial charge in [-0.05, 0) is 54.4 Å². The van der Waals surface area contributed by atoms with E-state index in [2.05, 4.69) is 10.6 Å². The quantitative estimate of drug-likeness (QED) is 0.586. The van der Waals surface area contributed by atoms with Crippen molar-refractivity contribution in [2.45, 2.75) is 56.8 Å². The van der Waals surface area contributed by atoms with E-state index >= 15 is 0 Å². The summed E-state index contributed by atoms with van der Waals surface area (Å²) in [7, 11) is -3.99. The molecule has 1 saturated carbocycles. The molecule has 2 unspecified atom stereocenters. The Morgan fingerprint density at radius 3 is 2.21 bits per heavy atom. The third-order valence-corrected chi connectivity index (χ3v) is 8.21. The van der Waals surface area contributed by atoms with Gasteiger partial charge in [-0.1, -0.05) is 20.8 Å². The lowest BCUT2D eigenvalue weighted by Gasteiger charge is -2.31. The first kappa shape index (κ1) is 25.3. The number of benzene rings is 1. The van der Waals surface area contributed by atoms with E-state index in [0.29, 0.717) is 12.8 Å². The molecule has 0 bridgehead atoms. The zero-order chi connectivity index (χ0) is 24.8. The number of halogens is 3. The molecule has 1 aliphatic heterocycles. The van der Waals surface area contributed by atoms with E-state index in [4.69, 9.17) is 5.11 Å². The predicted molar refractivity (Wildman–Crippen MR) is 113 cm³/mol. The molecule has 1 aromatic rings. The highest BCUT2D eigenvalue weighted by Crippen LogP contribution is 2.40. The number of amides is 2. The molecule has 33 heavy (non-hydrogen) atoms. The summed E-state index contributed by atoms with van der Waals surface area (Å²) in [5.41, 5.74) is -1.60. The highest BCUT2D eigenvalue weighted by atomic mass is 32.2. The molecule has 0 radical (unpaired) electrons. The van der Waals surface area contributed by atoms with Crippen LogP contribution in [0.4, 0.5) is 18.0 Å². The van der Waals surface area contributed by atoms with Gasteiger partial charge in [-0.15, -0.1) is 0 Å². The number of nitrogens with zero attached hydrogens (tertiary/aromatic N) is 1. The first-order chi connectivity index (χ1) is 15.1. The van der Waals surface area contributed by atoms with Crippen LogP contribution in [0.25, 0.3) is 0 Å². The van der Waals surface area contributed by atoms with Crippen LogP contribution < -0.4 is 10.6 Å². The maximum atomic E-state index is 13.0. The van der Waals surface area contributed by atoms with E-state index in [1.807, 2.05) is 0 Å². The Hall–Kier alpha value is -2.34. The maximum absolute atomic E-state index is 13.0. The van der Waals surface area contributed by atoms with Gasteiger partial charge in [0.25, 0.3) is 0 Å². The summed E-state index contributed by atoms with van der Waals surface area (Å²) < 4.78 is 65.6. The monoisotopic (exact) mass is 491 g/mol. The Morgan fingerprint density at radius 2 is 1.70 bits per heavy atom. The zero-order valence-corrected chi connectivity index (χ0v) is 19.3. The van der Waals surface area contributed by atoms with Gasteiger partial charge in [-0.2, -0.15) is 17.5 Å². The number of sulfonamides is 1. The highest BCUT2D eigenvalue weighted by molar-refractivity contribution is 7.89. The van der Waals surface area contributed by atoms with Crippen LogP contribution in [-0.4, -0.2) is 55.0 Å². The van der Waals surface area contributed by atoms with E-state index in [9.17, 15) is 31.2 Å². The molecule has 1 heterocycles. The van der Waals surface area contributed by atoms with Crippen LogP contribution in [0.1, 0.15) is 39.2 Å². The van der Waals surface area contributed by atoms with Gasteiger partial charge >= 0.3 is 12.3 Å². The fraction of sp³-hybridized carbons (Fsp3) is 0.619. The molecule has 0 spiro atoms. The van der Waals surface area contributed by atoms with Crippen LogP contribution in [0.3, 0.4) is 0 Å². The number of fused-ring (bicyclic) bond motifs is 1. The number of alkyl halides is 3. The molecular formula is C21H28F3N3O5S. The standard InChI is InChI=1S/C21H28F3N3O5S/c1-20(2,3)17(26-19(29)30)18(28)25-16-9-4-12-10-27(11-15(12)16)33(31,32)14-7-5-13(6-8-14)21(22,23)24/h5-8,12,15-17,26H,4,9-11H2,1-3H3,(H,25,28)(H,29,30)/t12-,15?,16?,17+/m0/s1. The summed E-state index contributed by atoms with van der Waals surface area (Å²) in [6, 6.07) is 2.09. The predicted octanol–water partition coefficient (Wildman–Crippen LogP) is 2.90. The maximum Gasteiger partial charge on any atom is 0.416 e. The van der Waals surface area contributed by atoms with Crippen molar-refractivity contribution in [2.24, 2.45) is 17.3 Å². The van der Waals surface area contributed by atoms with Gasteiger partial charge in [-0.25, -0.2) is 13.2 Å². The third kappa shape index (κ3) is 5.43. The van der Waals surface area contributed by atoms with Crippen molar-refractivity contribution in [1.29, 1.82) is 0 Å². The molecule has 12 heteroatoms. The van der Waals surface area contributed by atoms with Gasteiger partial charge in [0.2, 0.25) is 15.9 Å². The molecule has 3 N–H and O–H groups in total. The van der Waals surface area contributed by atoms with E-state index in [0.717, 1.165) is 24.3 Å². The van der Waals surface area contributed by atoms with Gasteiger partial charge < -0.3 is 15.7 Å². The zero-order valence-electron chi connectivity index (χ0n) is 18.5. The van der Waals surface area contributed by atoms with E-state index in [1.54, 1.807) is 20.8 Å². The molecule has 4 atom stereocenters. The van der Waals surface area contributed by atoms with Crippen LogP contribution in [0, 0.1) is 17.3 Å². The lowest BCUT2D eigenvalue weighted by Crippen LogP contribution is -2.56. The van der Waals surface area contributed by atoms with Crippen LogP contribution in [0.15, 0.2) is 29.2 Å². The number of hydrogen-bond acceptors (Lipinski definition) is 4. The minimum atomic E-state index is -4.56. The summed E-state index contributed by atoms with van der Waals surface area (Å²) in [6.07, 6.45) is -4.55. The van der Waals surface area contributed by atoms with Crippen molar-refractivity contribution >= 4 is 22.0 Å². The molecule has 8 nitrogen and oxygen atoms in total. The second-order valence-corrected chi connectivity index (χ2v) is 11.6. The van der Waals surface area contributed by atoms with Gasteiger partial charge in [0.1, 0.15) is 6.04 Å². The Bertz CT molecular complexity index is 1010. The van der Waals surface area contributed by atoms with Crippen LogP contribution in [0.5, 0.6) is 0 Å². The third-order valence-electron chi connectivity index (χ3n) is 6.37. The molecular weight excluding hydrogens is 463 g/mol. The highest BCUT2D eigenvalue weighted by Gasteiger charge is 2.47. The fourth-order valence-corrected chi connectivity index (χ4v) is 6.16. The van der Waals surface area contributed by atoms with E-state index < -0.39 is 45.2 Å². The minimum absolute atomic E-state index is 0.0000398. The lowest BCUT2D eigenvalue weighted by molar-refractivity contribution is -0.137. The molecule has 0 aromatic heterocycles. The summed E-state index contributed by atoms with van der Waals surface area (Å²) in [4.78, 5) is 23.7. The number of hydrogen-bond donors (Lipinski definition) is 3. The topological polar surface area (TPSA) is 116 Å². The average molecular weight is 492 g/mol. The minimum Gasteiger partial charge on any atom is -0.465 e. The van der Waals surface area contributed by atoms with Crippen molar-refractivity contribution in [2.75, 3.05) is 13.1 Å². The first-order valence-corrected chi connectivity index (χ1v) is 12.0. The largest absolute Gasteiger partial charge is 0.465 e. The number of nitrogens with one attached hydrogen (secondary N) is 2. The summed E-state index contributed by atoms with van der Waals surface area (Å²) in [6.45, 7) is 5.55. The van der Waals surface area contributed by atoms with Crippen LogP contribution in [-0.2, 0) is 21.0 Å². The smallest absolute Gasteiger partial charge is 0.416 e. The number of carbonyl (C=O) groups excluding carboxylic acids is 1. The van der Waals surface area contributed by atoms with Crippen LogP contribution >= 0.6 is 0 Å². The van der Waals surface area contributed by atoms with Crippen LogP contribution in [0.2, 0.25) is 0 Å². The van der Waals surface area contributed by atoms with E-state index in [-0.39, 0.29) is 35.9 Å². The second kappa shape index (κ2) is 8.79. The number of carboxylic acid groups (broad SMARTS) is 1. The molecule has 2 aliphatic rings. The van der Waals surface area contributed by atoms with Crippen molar-refractivity contribution in [3.8, 4) is 0 Å². The molecule has 2 fully saturated rings. The molecule has 184 valence electrons. The average Bonchev–Trinajstić information content (AvgIpc) is 3.27. The summed E-state index contributed by atoms with van der Waals surface area (Å²) in [5.74, 6) is -0.636. The molecule has 1 aromatic carbocycles. The van der Waals surface area contributed by atoms with Gasteiger partial charge in [0.15, 0.2) is 0 Å². The van der Waals surface area contributed by atoms with Crippen molar-refractivity contribution in [3.63, 3.8) is 0 Å². The molecule has 3 rings (SSSR count). The van der Waals surface area contributed by atoms with Crippen molar-refractivity contribution in [1.82, 2.24) is 14.9 Å². The van der Waals surface area contributed by atoms with E-state index in [1.165, 1.54) is 4.31 Å². The Morgan fingerprint density at radius 1 is 1.09 bits per heavy atom. The lowest BCUT2D eigenvalue weighted by atomic mass is 9.85. The number of rotatable bonds is 5. The van der Waals surface area contributed by atoms with Gasteiger partial charge in [0.05, 0.1) is 10.5 Å². The SMILES string of the molecule is CC(C)(C)[C@H](NC(=O)O)C(=O)NC1CC[C@H]2CN(S(=O)(=O)c3ccc(C(F)(F)F)cc3)CC12. The van der Waals surface area contributed by atoms with Gasteiger partial charge in [0, 0.05) is 19.1 Å². The summed E-state index contributed by atoms with van der Waals surface area (Å²) in [5, 5.41) is 14.2. The fourth-order valence-electron chi connectivity index (χ4n) is 4.63. The van der Waals surface area contributed by atoms with Crippen molar-refractivity contribution < 1.29 is 36.3 Å². The molecule has 1 saturated heterocycles. The van der Waals surface area contributed by atoms with Gasteiger partial charge in [-0.3, -0.25) is 4.79 Å². The Kier molecular flexibility index (Phi) is 6.73.